The molecule has 1 heterocycles. The lowest BCUT2D eigenvalue weighted by Crippen LogP contribution is -2.40. The molecule has 124 valence electrons. The summed E-state index contributed by atoms with van der Waals surface area (Å²) in [5.41, 5.74) is 0.495. The smallest absolute Gasteiger partial charge is 0.238 e. The van der Waals surface area contributed by atoms with Crippen molar-refractivity contribution in [3.05, 3.63) is 30.4 Å². The maximum Gasteiger partial charge on any atom is 0.238 e. The Kier molecular flexibility index (Phi) is 2.71. The number of imide groups is 1. The van der Waals surface area contributed by atoms with Crippen molar-refractivity contribution < 1.29 is 19.1 Å². The van der Waals surface area contributed by atoms with Crippen molar-refractivity contribution >= 4 is 17.5 Å². The molecule has 1 aliphatic heterocycles. The molecule has 0 N–H and O–H groups in total. The highest BCUT2D eigenvalue weighted by atomic mass is 16.5. The number of benzene rings is 1. The first-order valence-corrected chi connectivity index (χ1v) is 8.44. The highest BCUT2D eigenvalue weighted by Gasteiger charge is 2.67. The Morgan fingerprint density at radius 3 is 2.12 bits per heavy atom. The van der Waals surface area contributed by atoms with E-state index in [1.165, 1.54) is 11.3 Å². The molecule has 0 aromatic heterocycles. The lowest BCUT2D eigenvalue weighted by Gasteiger charge is -2.37. The van der Waals surface area contributed by atoms with E-state index in [-0.39, 0.29) is 35.5 Å². The Morgan fingerprint density at radius 1 is 0.958 bits per heavy atom. The number of carbonyl (C=O) groups is 2. The molecule has 0 spiro atoms. The molecule has 2 saturated carbocycles. The minimum absolute atomic E-state index is 0.0822. The third-order valence-corrected chi connectivity index (χ3v) is 6.29. The third kappa shape index (κ3) is 1.60. The normalized spacial score (nSPS) is 38.2. The molecule has 1 aromatic carbocycles. The molecule has 5 nitrogen and oxygen atoms in total. The van der Waals surface area contributed by atoms with Gasteiger partial charge < -0.3 is 9.47 Å². The molecule has 2 amide bonds. The Labute approximate surface area is 140 Å². The van der Waals surface area contributed by atoms with Crippen molar-refractivity contribution in [1.82, 2.24) is 0 Å². The van der Waals surface area contributed by atoms with Crippen LogP contribution >= 0.6 is 0 Å². The second-order valence-corrected chi connectivity index (χ2v) is 7.20. The standard InChI is InChI=1S/C19H19NO4/c1-23-9-3-6-15(24-2)14(7-9)20-18(21)16-10-4-5-11(13-8-12(10)13)17(16)19(20)22/h3-7,10-13,16-17H,8H2,1-2H3/t10-,11-,12-,13+,16+,17+/m0/s1. The Bertz CT molecular complexity index is 750. The van der Waals surface area contributed by atoms with E-state index < -0.39 is 0 Å². The van der Waals surface area contributed by atoms with E-state index in [0.717, 1.165) is 0 Å². The van der Waals surface area contributed by atoms with Gasteiger partial charge in [-0.15, -0.1) is 0 Å². The number of methoxy groups -OCH3 is 2. The average molecular weight is 325 g/mol. The minimum atomic E-state index is -0.202. The number of nitrogens with zero attached hydrogens (tertiary/aromatic N) is 1. The van der Waals surface area contributed by atoms with E-state index in [9.17, 15) is 9.59 Å². The summed E-state index contributed by atoms with van der Waals surface area (Å²) in [5, 5.41) is 0. The first kappa shape index (κ1) is 14.1. The van der Waals surface area contributed by atoms with E-state index in [1.807, 2.05) is 0 Å². The molecule has 2 bridgehead atoms. The van der Waals surface area contributed by atoms with Crippen molar-refractivity contribution in [2.24, 2.45) is 35.5 Å². The molecule has 5 aliphatic rings. The zero-order chi connectivity index (χ0) is 16.6. The van der Waals surface area contributed by atoms with Crippen LogP contribution in [0.5, 0.6) is 11.5 Å². The van der Waals surface area contributed by atoms with Crippen LogP contribution < -0.4 is 14.4 Å². The summed E-state index contributed by atoms with van der Waals surface area (Å²) in [7, 11) is 3.11. The van der Waals surface area contributed by atoms with Gasteiger partial charge in [0.05, 0.1) is 31.7 Å². The van der Waals surface area contributed by atoms with E-state index in [2.05, 4.69) is 12.2 Å². The summed E-state index contributed by atoms with van der Waals surface area (Å²) in [4.78, 5) is 27.6. The second kappa shape index (κ2) is 4.62. The molecule has 0 radical (unpaired) electrons. The number of carbonyl (C=O) groups excluding carboxylic acids is 2. The molecule has 5 heteroatoms. The molecule has 24 heavy (non-hydrogen) atoms. The van der Waals surface area contributed by atoms with Gasteiger partial charge in [0.15, 0.2) is 0 Å². The summed E-state index contributed by atoms with van der Waals surface area (Å²) in [6.07, 6.45) is 5.52. The van der Waals surface area contributed by atoms with Gasteiger partial charge in [0.25, 0.3) is 0 Å². The number of hydrogen-bond donors (Lipinski definition) is 0. The SMILES string of the molecule is COc1ccc(OC)c(N2C(=O)[C@@H]3[C@H]4C=C[C@@H]([C@@H]5C[C@H]45)[C@H]3C2=O)c1. The Morgan fingerprint density at radius 2 is 1.58 bits per heavy atom. The maximum atomic E-state index is 13.1. The molecule has 3 fully saturated rings. The van der Waals surface area contributed by atoms with Gasteiger partial charge in [0, 0.05) is 6.07 Å². The van der Waals surface area contributed by atoms with Gasteiger partial charge >= 0.3 is 0 Å². The van der Waals surface area contributed by atoms with Crippen LogP contribution in [-0.2, 0) is 9.59 Å². The van der Waals surface area contributed by atoms with Gasteiger partial charge in [-0.2, -0.15) is 0 Å². The summed E-state index contributed by atoms with van der Waals surface area (Å²) in [6.45, 7) is 0. The van der Waals surface area contributed by atoms with Crippen molar-refractivity contribution in [2.45, 2.75) is 6.42 Å². The fraction of sp³-hybridized carbons (Fsp3) is 0.474. The quantitative estimate of drug-likeness (QED) is 0.632. The number of allylic oxidation sites excluding steroid dienone is 2. The molecule has 1 aromatic rings. The average Bonchev–Trinajstić information content (AvgIpc) is 3.39. The lowest BCUT2D eigenvalue weighted by molar-refractivity contribution is -0.124. The highest BCUT2D eigenvalue weighted by Crippen LogP contribution is 2.65. The molecule has 6 rings (SSSR count). The second-order valence-electron chi connectivity index (χ2n) is 7.20. The van der Waals surface area contributed by atoms with Crippen LogP contribution in [0.4, 0.5) is 5.69 Å². The predicted molar refractivity (Wildman–Crippen MR) is 86.7 cm³/mol. The fourth-order valence-electron chi connectivity index (χ4n) is 5.17. The van der Waals surface area contributed by atoms with Crippen LogP contribution in [0.15, 0.2) is 30.4 Å². The maximum absolute atomic E-state index is 13.1. The van der Waals surface area contributed by atoms with Gasteiger partial charge in [0.1, 0.15) is 11.5 Å². The van der Waals surface area contributed by atoms with Gasteiger partial charge in [0.2, 0.25) is 11.8 Å². The topological polar surface area (TPSA) is 55.8 Å². The molecule has 4 aliphatic carbocycles. The fourth-order valence-corrected chi connectivity index (χ4v) is 5.17. The van der Waals surface area contributed by atoms with Gasteiger partial charge in [-0.05, 0) is 42.2 Å². The lowest BCUT2D eigenvalue weighted by atomic mass is 9.63. The summed E-state index contributed by atoms with van der Waals surface area (Å²) >= 11 is 0. The van der Waals surface area contributed by atoms with E-state index in [4.69, 9.17) is 9.47 Å². The van der Waals surface area contributed by atoms with Crippen LogP contribution in [0.2, 0.25) is 0 Å². The number of ether oxygens (including phenoxy) is 2. The van der Waals surface area contributed by atoms with Crippen LogP contribution in [-0.4, -0.2) is 26.0 Å². The van der Waals surface area contributed by atoms with Crippen molar-refractivity contribution in [3.8, 4) is 11.5 Å². The first-order valence-electron chi connectivity index (χ1n) is 8.44. The molecular weight excluding hydrogens is 306 g/mol. The Balaban J connectivity index is 1.60. The van der Waals surface area contributed by atoms with E-state index >= 15 is 0 Å². The number of anilines is 1. The van der Waals surface area contributed by atoms with Crippen molar-refractivity contribution in [2.75, 3.05) is 19.1 Å². The van der Waals surface area contributed by atoms with Gasteiger partial charge in [-0.1, -0.05) is 12.2 Å². The van der Waals surface area contributed by atoms with E-state index in [1.54, 1.807) is 32.4 Å². The summed E-state index contributed by atoms with van der Waals surface area (Å²) in [5.74, 6) is 2.20. The van der Waals surface area contributed by atoms with Crippen molar-refractivity contribution in [3.63, 3.8) is 0 Å². The van der Waals surface area contributed by atoms with Crippen LogP contribution in [0.1, 0.15) is 6.42 Å². The number of hydrogen-bond acceptors (Lipinski definition) is 4. The van der Waals surface area contributed by atoms with Crippen molar-refractivity contribution in [1.29, 1.82) is 0 Å². The number of rotatable bonds is 3. The zero-order valence-corrected chi connectivity index (χ0v) is 13.6. The predicted octanol–water partition coefficient (Wildman–Crippen LogP) is 2.26. The summed E-state index contributed by atoms with van der Waals surface area (Å²) in [6, 6.07) is 5.21. The van der Waals surface area contributed by atoms with Crippen LogP contribution in [0.3, 0.4) is 0 Å². The van der Waals surface area contributed by atoms with Crippen LogP contribution in [0, 0.1) is 35.5 Å². The van der Waals surface area contributed by atoms with Gasteiger partial charge in [-0.25, -0.2) is 4.90 Å². The van der Waals surface area contributed by atoms with Gasteiger partial charge in [-0.3, -0.25) is 9.59 Å². The van der Waals surface area contributed by atoms with Crippen LogP contribution in [0.25, 0.3) is 0 Å². The zero-order valence-electron chi connectivity index (χ0n) is 13.6. The number of amides is 2. The largest absolute Gasteiger partial charge is 0.497 e. The monoisotopic (exact) mass is 325 g/mol. The first-order chi connectivity index (χ1) is 11.7. The molecular formula is C19H19NO4. The minimum Gasteiger partial charge on any atom is -0.497 e. The molecule has 6 atom stereocenters. The third-order valence-electron chi connectivity index (χ3n) is 6.29. The summed E-state index contributed by atoms with van der Waals surface area (Å²) < 4.78 is 10.7. The molecule has 0 unspecified atom stereocenters. The highest BCUT2D eigenvalue weighted by molar-refractivity contribution is 6.23. The molecule has 1 saturated heterocycles. The Hall–Kier alpha value is -2.30. The van der Waals surface area contributed by atoms with E-state index in [0.29, 0.717) is 29.0 Å².